The van der Waals surface area contributed by atoms with Gasteiger partial charge in [0.25, 0.3) is 0 Å². The molecule has 0 atom stereocenters. The summed E-state index contributed by atoms with van der Waals surface area (Å²) in [5, 5.41) is 12.1. The zero-order valence-corrected chi connectivity index (χ0v) is 42.0. The van der Waals surface area contributed by atoms with E-state index < -0.39 is 11.3 Å². The average molecular weight is 962 g/mol. The van der Waals surface area contributed by atoms with Crippen LogP contribution in [-0.4, -0.2) is 148 Å². The van der Waals surface area contributed by atoms with Crippen molar-refractivity contribution in [1.82, 2.24) is 4.57 Å². The highest BCUT2D eigenvalue weighted by Crippen LogP contribution is 2.64. The Kier molecular flexibility index (Phi) is 11.7. The first-order valence-electron chi connectivity index (χ1n) is 24.6. The molecule has 0 saturated carbocycles. The van der Waals surface area contributed by atoms with Crippen LogP contribution in [0.25, 0.3) is 77.1 Å². The fourth-order valence-corrected chi connectivity index (χ4v) is 12.3. The molecule has 0 saturated heterocycles. The number of nitrogens with zero attached hydrogens (tertiary/aromatic N) is 3. The number of fused-ring (bicyclic) bond motifs is 17. The molecule has 13 rings (SSSR count). The van der Waals surface area contributed by atoms with Gasteiger partial charge in [-0.05, 0) is 61.7 Å². The third kappa shape index (κ3) is 6.71. The maximum Gasteiger partial charge on any atom is 0.236 e. The van der Waals surface area contributed by atoms with Crippen LogP contribution in [-0.2, 0) is 5.41 Å². The quantitative estimate of drug-likeness (QED) is 0.108. The number of hydrogen-bond acceptors (Lipinski definition) is 2. The van der Waals surface area contributed by atoms with Crippen molar-refractivity contribution < 1.29 is 4.42 Å². The summed E-state index contributed by atoms with van der Waals surface area (Å²) in [4.78, 5) is 10.3. The zero-order chi connectivity index (χ0) is 55.6. The van der Waals surface area contributed by atoms with Crippen LogP contribution < -0.4 is 87.4 Å². The SMILES string of the molecule is [B]c1c([B])c([B])c(-c2c([B])c([B])c([B])c([B])c2/C=N/C(=NC(=N)c2c([B])c([B])c3oc4c([B])c([B])c([B])c([B])c4c3c2[B])n2c3ccccc3c3ccc4c(c32)-c2ccccc2C42c3ccccc3-c3ccccc32)c([B])c1[B]. The van der Waals surface area contributed by atoms with Crippen LogP contribution in [0.4, 0.5) is 0 Å². The molecular weight excluding hydrogens is 942 g/mol. The molecular formula is C58H20B16N4O. The average Bonchev–Trinajstić information content (AvgIpc) is 4.34. The summed E-state index contributed by atoms with van der Waals surface area (Å²) < 4.78 is 8.07. The molecule has 1 N–H and O–H groups in total. The summed E-state index contributed by atoms with van der Waals surface area (Å²) in [6.45, 7) is 0. The Morgan fingerprint density at radius 3 is 1.51 bits per heavy atom. The molecule has 0 fully saturated rings. The summed E-state index contributed by atoms with van der Waals surface area (Å²) in [7, 11) is 106. The van der Waals surface area contributed by atoms with Gasteiger partial charge in [0.2, 0.25) is 5.96 Å². The van der Waals surface area contributed by atoms with Crippen LogP contribution in [0.15, 0.2) is 124 Å². The normalized spacial score (nSPS) is 13.3. The van der Waals surface area contributed by atoms with Gasteiger partial charge in [0.1, 0.15) is 137 Å². The van der Waals surface area contributed by atoms with E-state index in [4.69, 9.17) is 140 Å². The lowest BCUT2D eigenvalue weighted by atomic mass is 9.56. The molecule has 1 spiro atoms. The van der Waals surface area contributed by atoms with Gasteiger partial charge in [-0.1, -0.05) is 152 Å². The summed E-state index contributed by atoms with van der Waals surface area (Å²) in [6.07, 6.45) is 1.37. The Morgan fingerprint density at radius 1 is 0.418 bits per heavy atom. The van der Waals surface area contributed by atoms with Crippen molar-refractivity contribution >= 4 is 275 Å². The number of furan rings is 1. The number of rotatable bonds is 3. The van der Waals surface area contributed by atoms with Crippen molar-refractivity contribution in [2.75, 3.05) is 0 Å². The Labute approximate surface area is 477 Å². The molecule has 11 aromatic rings. The number of aliphatic imine (C=N–C) groups is 2. The monoisotopic (exact) mass is 964 g/mol. The Bertz CT molecular complexity index is 4660. The van der Waals surface area contributed by atoms with Crippen molar-refractivity contribution in [2.24, 2.45) is 9.98 Å². The highest BCUT2D eigenvalue weighted by molar-refractivity contribution is 6.72. The number of amidine groups is 1. The molecule has 5 nitrogen and oxygen atoms in total. The molecule has 0 aliphatic heterocycles. The van der Waals surface area contributed by atoms with Gasteiger partial charge in [0, 0.05) is 38.9 Å². The lowest BCUT2D eigenvalue weighted by Crippen LogP contribution is -2.57. The van der Waals surface area contributed by atoms with E-state index in [1.807, 2.05) is 34.9 Å². The summed E-state index contributed by atoms with van der Waals surface area (Å²) in [5.74, 6) is -0.603. The van der Waals surface area contributed by atoms with Crippen molar-refractivity contribution in [3.8, 4) is 33.4 Å². The number of hydrogen-bond donors (Lipinski definition) is 1. The third-order valence-corrected chi connectivity index (χ3v) is 16.0. The summed E-state index contributed by atoms with van der Waals surface area (Å²) >= 11 is 0. The van der Waals surface area contributed by atoms with E-state index in [1.165, 1.54) is 6.21 Å². The van der Waals surface area contributed by atoms with Crippen molar-refractivity contribution in [3.63, 3.8) is 0 Å². The van der Waals surface area contributed by atoms with Crippen LogP contribution in [0.3, 0.4) is 0 Å². The van der Waals surface area contributed by atoms with Crippen molar-refractivity contribution in [2.45, 2.75) is 5.41 Å². The molecule has 0 amide bonds. The van der Waals surface area contributed by atoms with Gasteiger partial charge in [-0.15, -0.1) is 38.2 Å². The summed E-state index contributed by atoms with van der Waals surface area (Å²) in [5.41, 5.74) is 8.36. The van der Waals surface area contributed by atoms with Gasteiger partial charge in [-0.3, -0.25) is 9.98 Å². The van der Waals surface area contributed by atoms with Crippen LogP contribution in [0.5, 0.6) is 0 Å². The second-order valence-electron chi connectivity index (χ2n) is 19.8. The van der Waals surface area contributed by atoms with Crippen molar-refractivity contribution in [3.05, 3.63) is 143 Å². The molecule has 0 unspecified atom stereocenters. The molecule has 2 aliphatic carbocycles. The minimum Gasteiger partial charge on any atom is -0.457 e. The molecule has 326 valence electrons. The lowest BCUT2D eigenvalue weighted by Gasteiger charge is -2.30. The van der Waals surface area contributed by atoms with E-state index in [0.29, 0.717) is 11.0 Å². The van der Waals surface area contributed by atoms with E-state index in [1.54, 1.807) is 0 Å². The van der Waals surface area contributed by atoms with Crippen LogP contribution in [0.2, 0.25) is 0 Å². The summed E-state index contributed by atoms with van der Waals surface area (Å²) in [6, 6.07) is 37.4. The van der Waals surface area contributed by atoms with Gasteiger partial charge in [0.15, 0.2) is 5.84 Å². The van der Waals surface area contributed by atoms with E-state index in [-0.39, 0.29) is 138 Å². The highest BCUT2D eigenvalue weighted by atomic mass is 16.3. The second-order valence-corrected chi connectivity index (χ2v) is 19.8. The number of nitrogens with one attached hydrogen (secondary N) is 1. The predicted octanol–water partition coefficient (Wildman–Crippen LogP) is -5.25. The van der Waals surface area contributed by atoms with E-state index in [2.05, 4.69) is 78.9 Å². The maximum atomic E-state index is 10.1. The molecule has 2 aliphatic rings. The van der Waals surface area contributed by atoms with E-state index in [9.17, 15) is 5.41 Å². The van der Waals surface area contributed by atoms with Gasteiger partial charge in [0.05, 0.1) is 16.4 Å². The number of benzene rings is 9. The topological polar surface area (TPSA) is 66.6 Å². The first-order valence-corrected chi connectivity index (χ1v) is 24.6. The van der Waals surface area contributed by atoms with Crippen LogP contribution in [0, 0.1) is 5.41 Å². The van der Waals surface area contributed by atoms with Crippen LogP contribution >= 0.6 is 0 Å². The van der Waals surface area contributed by atoms with Crippen molar-refractivity contribution in [1.29, 1.82) is 5.41 Å². The molecule has 9 aromatic carbocycles. The largest absolute Gasteiger partial charge is 0.457 e. The number of para-hydroxylation sites is 1. The Morgan fingerprint density at radius 2 is 0.886 bits per heavy atom. The Hall–Kier alpha value is -7.37. The standard InChI is InChI=1S/C58H20B16N4O/c59-37-25(32(39(61)45(67)44(37)66)33-40(62)46(68)49(71)47(69)41(33)63)19-76-57(77-56(75)36-38(60)34-35-42(64)48(70)50(72)52(74)55(35)79-54(34)51(73)43(36)65)78-30-16-8-4-11-22(30)23-17-18-29-31(53(23)78)24-12-3-7-15-28(24)58(29)26-13-5-1-9-20(26)21-10-2-6-14-27(21)58/h1-19,75H/b75-56?,76-19+,77-57?. The predicted molar refractivity (Wildman–Crippen MR) is 345 cm³/mol. The van der Waals surface area contributed by atoms with E-state index >= 15 is 0 Å². The second kappa shape index (κ2) is 18.1. The molecule has 21 heteroatoms. The first kappa shape index (κ1) is 51.1. The first-order chi connectivity index (χ1) is 37.8. The highest BCUT2D eigenvalue weighted by Gasteiger charge is 2.52. The lowest BCUT2D eigenvalue weighted by molar-refractivity contribution is 0.675. The van der Waals surface area contributed by atoms with Gasteiger partial charge in [-0.2, -0.15) is 4.99 Å². The molecule has 2 aromatic heterocycles. The van der Waals surface area contributed by atoms with Gasteiger partial charge < -0.3 is 4.42 Å². The maximum absolute atomic E-state index is 10.1. The number of aromatic nitrogens is 1. The van der Waals surface area contributed by atoms with Crippen LogP contribution in [0.1, 0.15) is 33.4 Å². The van der Waals surface area contributed by atoms with Gasteiger partial charge >= 0.3 is 0 Å². The molecule has 32 radical (unpaired) electrons. The smallest absolute Gasteiger partial charge is 0.236 e. The van der Waals surface area contributed by atoms with E-state index in [0.717, 1.165) is 55.3 Å². The molecule has 79 heavy (non-hydrogen) atoms. The minimum absolute atomic E-state index is 0.00353. The fourth-order valence-electron chi connectivity index (χ4n) is 12.3. The molecule has 0 bridgehead atoms. The van der Waals surface area contributed by atoms with Gasteiger partial charge in [-0.25, -0.2) is 4.99 Å². The molecule has 2 heterocycles. The minimum atomic E-state index is -0.755. The Balaban J connectivity index is 1.16. The fraction of sp³-hybridized carbons (Fsp3) is 0.0172. The third-order valence-electron chi connectivity index (χ3n) is 16.0. The zero-order valence-electron chi connectivity index (χ0n) is 42.0.